The van der Waals surface area contributed by atoms with Gasteiger partial charge in [0.2, 0.25) is 5.91 Å². The minimum Gasteiger partial charge on any atom is -0.350 e. The van der Waals surface area contributed by atoms with Gasteiger partial charge < -0.3 is 5.32 Å². The molecule has 1 aromatic carbocycles. The van der Waals surface area contributed by atoms with Gasteiger partial charge in [0.25, 0.3) is 0 Å². The average molecular weight is 422 g/mol. The highest BCUT2D eigenvalue weighted by atomic mass is 32.2. The van der Waals surface area contributed by atoms with Gasteiger partial charge in [-0.2, -0.15) is 0 Å². The van der Waals surface area contributed by atoms with Crippen molar-refractivity contribution < 1.29 is 4.79 Å². The Hall–Kier alpha value is -2.97. The van der Waals surface area contributed by atoms with Gasteiger partial charge in [0.15, 0.2) is 11.0 Å². The van der Waals surface area contributed by atoms with Gasteiger partial charge in [-0.1, -0.05) is 48.2 Å². The number of nitrogens with one attached hydrogen (secondary N) is 1. The molecular weight excluding hydrogens is 402 g/mol. The zero-order valence-corrected chi connectivity index (χ0v) is 17.2. The van der Waals surface area contributed by atoms with Crippen LogP contribution in [0, 0.1) is 0 Å². The number of nitrogens with zero attached hydrogens (tertiary/aromatic N) is 4. The van der Waals surface area contributed by atoms with Crippen LogP contribution in [0.4, 0.5) is 0 Å². The van der Waals surface area contributed by atoms with Crippen molar-refractivity contribution in [2.75, 3.05) is 5.75 Å². The first-order valence-electron chi connectivity index (χ1n) is 9.09. The van der Waals surface area contributed by atoms with Crippen LogP contribution in [0.15, 0.2) is 77.5 Å². The van der Waals surface area contributed by atoms with Crippen molar-refractivity contribution >= 4 is 29.0 Å². The van der Waals surface area contributed by atoms with Gasteiger partial charge in [-0.05, 0) is 29.1 Å². The number of hydrogen-bond donors (Lipinski definition) is 1. The van der Waals surface area contributed by atoms with Crippen molar-refractivity contribution in [1.29, 1.82) is 0 Å². The Bertz CT molecular complexity index is 1050. The first kappa shape index (κ1) is 19.4. The van der Waals surface area contributed by atoms with E-state index in [1.165, 1.54) is 11.8 Å². The molecule has 0 unspecified atom stereocenters. The summed E-state index contributed by atoms with van der Waals surface area (Å²) in [7, 11) is 0. The van der Waals surface area contributed by atoms with Gasteiger partial charge in [-0.15, -0.1) is 21.5 Å². The molecule has 29 heavy (non-hydrogen) atoms. The van der Waals surface area contributed by atoms with Crippen LogP contribution < -0.4 is 5.32 Å². The molecule has 0 aliphatic carbocycles. The molecule has 0 saturated heterocycles. The minimum atomic E-state index is -0.0249. The number of carbonyl (C=O) groups is 1. The number of rotatable bonds is 8. The highest BCUT2D eigenvalue weighted by molar-refractivity contribution is 7.99. The first-order chi connectivity index (χ1) is 14.3. The van der Waals surface area contributed by atoms with Crippen molar-refractivity contribution in [2.45, 2.75) is 18.2 Å². The number of aromatic nitrogens is 4. The van der Waals surface area contributed by atoms with Crippen LogP contribution in [0.1, 0.15) is 10.4 Å². The summed E-state index contributed by atoms with van der Waals surface area (Å²) in [6, 6.07) is 18.0. The fraction of sp³-hybridized carbons (Fsp3) is 0.143. The maximum atomic E-state index is 12.3. The predicted molar refractivity (Wildman–Crippen MR) is 116 cm³/mol. The number of amides is 1. The smallest absolute Gasteiger partial charge is 0.230 e. The van der Waals surface area contributed by atoms with Crippen molar-refractivity contribution in [3.8, 4) is 11.4 Å². The topological polar surface area (TPSA) is 72.7 Å². The molecule has 1 amide bonds. The monoisotopic (exact) mass is 421 g/mol. The van der Waals surface area contributed by atoms with Crippen molar-refractivity contribution in [3.63, 3.8) is 0 Å². The lowest BCUT2D eigenvalue weighted by Crippen LogP contribution is -2.24. The van der Waals surface area contributed by atoms with E-state index in [2.05, 4.69) is 32.6 Å². The molecule has 0 spiro atoms. The summed E-state index contributed by atoms with van der Waals surface area (Å²) in [6.45, 7) is 1.18. The van der Waals surface area contributed by atoms with Gasteiger partial charge >= 0.3 is 0 Å². The molecule has 0 bridgehead atoms. The number of hydrogen-bond acceptors (Lipinski definition) is 6. The van der Waals surface area contributed by atoms with E-state index in [-0.39, 0.29) is 11.7 Å². The molecule has 146 valence electrons. The first-order valence-corrected chi connectivity index (χ1v) is 11.0. The fourth-order valence-electron chi connectivity index (χ4n) is 2.80. The maximum Gasteiger partial charge on any atom is 0.230 e. The third-order valence-corrected chi connectivity index (χ3v) is 6.05. The average Bonchev–Trinajstić information content (AvgIpc) is 3.42. The summed E-state index contributed by atoms with van der Waals surface area (Å²) < 4.78 is 2.04. The molecule has 0 fully saturated rings. The lowest BCUT2D eigenvalue weighted by molar-refractivity contribution is -0.118. The SMILES string of the molecule is O=C(CSc1nnc(-c2ccncc2)n1Cc1ccccc1)NCc1cccs1. The Labute approximate surface area is 177 Å². The quantitative estimate of drug-likeness (QED) is 0.438. The lowest BCUT2D eigenvalue weighted by Gasteiger charge is -2.10. The van der Waals surface area contributed by atoms with E-state index >= 15 is 0 Å². The summed E-state index contributed by atoms with van der Waals surface area (Å²) in [5.74, 6) is 1.02. The highest BCUT2D eigenvalue weighted by Crippen LogP contribution is 2.24. The van der Waals surface area contributed by atoms with E-state index < -0.39 is 0 Å². The van der Waals surface area contributed by atoms with Crippen LogP contribution in [0.3, 0.4) is 0 Å². The molecule has 0 saturated carbocycles. The Balaban J connectivity index is 1.50. The second-order valence-electron chi connectivity index (χ2n) is 6.26. The minimum absolute atomic E-state index is 0.0249. The van der Waals surface area contributed by atoms with E-state index in [9.17, 15) is 4.79 Å². The van der Waals surface area contributed by atoms with Gasteiger partial charge in [0, 0.05) is 22.8 Å². The molecule has 0 radical (unpaired) electrons. The Morgan fingerprint density at radius 3 is 2.62 bits per heavy atom. The van der Waals surface area contributed by atoms with E-state index in [4.69, 9.17) is 0 Å². The lowest BCUT2D eigenvalue weighted by atomic mass is 10.2. The van der Waals surface area contributed by atoms with E-state index in [0.717, 1.165) is 21.8 Å². The second-order valence-corrected chi connectivity index (χ2v) is 8.23. The normalized spacial score (nSPS) is 10.8. The van der Waals surface area contributed by atoms with E-state index in [1.54, 1.807) is 23.7 Å². The van der Waals surface area contributed by atoms with Crippen LogP contribution in [-0.2, 0) is 17.9 Å². The molecule has 4 rings (SSSR count). The molecule has 3 aromatic heterocycles. The number of carbonyl (C=O) groups excluding carboxylic acids is 1. The van der Waals surface area contributed by atoms with Gasteiger partial charge in [0.05, 0.1) is 18.8 Å². The maximum absolute atomic E-state index is 12.3. The van der Waals surface area contributed by atoms with Crippen molar-refractivity contribution in [3.05, 3.63) is 82.8 Å². The summed E-state index contributed by atoms with van der Waals surface area (Å²) in [5.41, 5.74) is 2.09. The molecule has 0 aliphatic heterocycles. The van der Waals surface area contributed by atoms with Crippen molar-refractivity contribution in [1.82, 2.24) is 25.1 Å². The fourth-order valence-corrected chi connectivity index (χ4v) is 4.21. The molecule has 3 heterocycles. The van der Waals surface area contributed by atoms with E-state index in [0.29, 0.717) is 18.2 Å². The van der Waals surface area contributed by atoms with Crippen LogP contribution in [0.2, 0.25) is 0 Å². The van der Waals surface area contributed by atoms with Crippen LogP contribution in [0.5, 0.6) is 0 Å². The molecule has 1 N–H and O–H groups in total. The van der Waals surface area contributed by atoms with Crippen LogP contribution in [-0.4, -0.2) is 31.4 Å². The van der Waals surface area contributed by atoms with E-state index in [1.807, 2.05) is 52.4 Å². The van der Waals surface area contributed by atoms with Crippen LogP contribution >= 0.6 is 23.1 Å². The standard InChI is InChI=1S/C21H19N5OS2/c27-19(23-13-18-7-4-12-28-18)15-29-21-25-24-20(17-8-10-22-11-9-17)26(21)14-16-5-2-1-3-6-16/h1-12H,13-15H2,(H,23,27). The number of thiophene rings is 1. The second kappa shape index (κ2) is 9.49. The third-order valence-electron chi connectivity index (χ3n) is 4.21. The molecule has 4 aromatic rings. The Kier molecular flexibility index (Phi) is 6.33. The summed E-state index contributed by atoms with van der Waals surface area (Å²) in [6.07, 6.45) is 3.48. The Morgan fingerprint density at radius 1 is 1.03 bits per heavy atom. The largest absolute Gasteiger partial charge is 0.350 e. The highest BCUT2D eigenvalue weighted by Gasteiger charge is 2.16. The third kappa shape index (κ3) is 5.10. The molecule has 8 heteroatoms. The summed E-state index contributed by atoms with van der Waals surface area (Å²) in [4.78, 5) is 17.5. The molecular formula is C21H19N5OS2. The number of thioether (sulfide) groups is 1. The zero-order valence-electron chi connectivity index (χ0n) is 15.6. The van der Waals surface area contributed by atoms with Crippen molar-refractivity contribution in [2.24, 2.45) is 0 Å². The number of benzene rings is 1. The molecule has 0 aliphatic rings. The van der Waals surface area contributed by atoms with Gasteiger partial charge in [-0.3, -0.25) is 14.3 Å². The van der Waals surface area contributed by atoms with Crippen LogP contribution in [0.25, 0.3) is 11.4 Å². The zero-order chi connectivity index (χ0) is 19.9. The molecule has 0 atom stereocenters. The Morgan fingerprint density at radius 2 is 1.86 bits per heavy atom. The molecule has 6 nitrogen and oxygen atoms in total. The number of pyridine rings is 1. The predicted octanol–water partition coefficient (Wildman–Crippen LogP) is 3.86. The summed E-state index contributed by atoms with van der Waals surface area (Å²) >= 11 is 3.02. The van der Waals surface area contributed by atoms with Gasteiger partial charge in [0.1, 0.15) is 0 Å². The summed E-state index contributed by atoms with van der Waals surface area (Å²) in [5, 5.41) is 14.4. The van der Waals surface area contributed by atoms with Gasteiger partial charge in [-0.25, -0.2) is 0 Å².